The van der Waals surface area contributed by atoms with Gasteiger partial charge in [-0.05, 0) is 55.2 Å². The Morgan fingerprint density at radius 1 is 1.39 bits per heavy atom. The van der Waals surface area contributed by atoms with E-state index < -0.39 is 0 Å². The Bertz CT molecular complexity index is 1100. The molecule has 3 N–H and O–H groups in total. The van der Waals surface area contributed by atoms with E-state index in [4.69, 9.17) is 5.73 Å². The first-order valence-corrected chi connectivity index (χ1v) is 11.0. The maximum absolute atomic E-state index is 12.4. The number of nitrogens with zero attached hydrogens (tertiary/aromatic N) is 7. The van der Waals surface area contributed by atoms with Crippen molar-refractivity contribution in [3.8, 4) is 11.8 Å². The number of carbonyl (C=O) groups is 1. The number of hydrogen-bond acceptors (Lipinski definition) is 8. The number of nitrogens with two attached hydrogens (primary N) is 1. The molecule has 1 amide bonds. The highest BCUT2D eigenvalue weighted by Gasteiger charge is 2.29. The number of anilines is 1. The van der Waals surface area contributed by atoms with Gasteiger partial charge in [0.1, 0.15) is 17.5 Å². The van der Waals surface area contributed by atoms with Gasteiger partial charge in [-0.3, -0.25) is 4.79 Å². The molecule has 1 aliphatic rings. The first kappa shape index (κ1) is 20.9. The van der Waals surface area contributed by atoms with Crippen LogP contribution in [0.3, 0.4) is 0 Å². The van der Waals surface area contributed by atoms with E-state index in [1.54, 1.807) is 9.36 Å². The minimum Gasteiger partial charge on any atom is -0.382 e. The Kier molecular flexibility index (Phi) is 6.18. The van der Waals surface area contributed by atoms with Crippen LogP contribution in [0, 0.1) is 11.3 Å². The molecule has 1 saturated carbocycles. The van der Waals surface area contributed by atoms with Crippen LogP contribution in [0.2, 0.25) is 0 Å². The van der Waals surface area contributed by atoms with Crippen molar-refractivity contribution in [2.75, 3.05) is 12.3 Å². The lowest BCUT2D eigenvalue weighted by atomic mass is 10.1. The van der Waals surface area contributed by atoms with Crippen molar-refractivity contribution in [2.24, 2.45) is 0 Å². The van der Waals surface area contributed by atoms with Gasteiger partial charge in [0, 0.05) is 6.54 Å². The zero-order chi connectivity index (χ0) is 21.8. The highest BCUT2D eigenvalue weighted by atomic mass is 32.2. The molecule has 31 heavy (non-hydrogen) atoms. The number of para-hydroxylation sites is 1. The zero-order valence-electron chi connectivity index (χ0n) is 17.1. The fourth-order valence-electron chi connectivity index (χ4n) is 3.18. The molecule has 3 aromatic rings. The van der Waals surface area contributed by atoms with Crippen molar-refractivity contribution in [3.05, 3.63) is 41.6 Å². The van der Waals surface area contributed by atoms with Gasteiger partial charge >= 0.3 is 0 Å². The minimum atomic E-state index is -0.314. The van der Waals surface area contributed by atoms with Crippen LogP contribution in [-0.4, -0.2) is 47.7 Å². The first-order chi connectivity index (χ1) is 15.1. The summed E-state index contributed by atoms with van der Waals surface area (Å²) in [5, 5.41) is 29.0. The molecule has 1 atom stereocenters. The van der Waals surface area contributed by atoms with Crippen LogP contribution >= 0.6 is 11.8 Å². The van der Waals surface area contributed by atoms with Gasteiger partial charge in [-0.25, -0.2) is 9.36 Å². The van der Waals surface area contributed by atoms with Gasteiger partial charge in [0.2, 0.25) is 11.1 Å². The highest BCUT2D eigenvalue weighted by Crippen LogP contribution is 2.37. The van der Waals surface area contributed by atoms with Crippen molar-refractivity contribution in [1.29, 1.82) is 5.26 Å². The molecule has 1 unspecified atom stereocenters. The Labute approximate surface area is 183 Å². The Hall–Kier alpha value is -3.39. The molecule has 1 fully saturated rings. The number of thioether (sulfide) groups is 1. The Balaban J connectivity index is 1.30. The summed E-state index contributed by atoms with van der Waals surface area (Å²) in [6.45, 7) is 2.31. The van der Waals surface area contributed by atoms with E-state index in [2.05, 4.69) is 32.0 Å². The maximum atomic E-state index is 12.4. The smallest absolute Gasteiger partial charge is 0.233 e. The number of nitrogen functional groups attached to an aromatic ring is 1. The second-order valence-electron chi connectivity index (χ2n) is 7.36. The monoisotopic (exact) mass is 437 g/mol. The summed E-state index contributed by atoms with van der Waals surface area (Å²) in [6, 6.07) is 12.0. The fourth-order valence-corrected chi connectivity index (χ4v) is 4.06. The van der Waals surface area contributed by atoms with E-state index in [0.717, 1.165) is 18.5 Å². The number of aromatic nitrogens is 6. The van der Waals surface area contributed by atoms with E-state index in [1.165, 1.54) is 11.8 Å². The third kappa shape index (κ3) is 4.69. The molecule has 11 heteroatoms. The van der Waals surface area contributed by atoms with Gasteiger partial charge in [0.15, 0.2) is 0 Å². The zero-order valence-corrected chi connectivity index (χ0v) is 17.9. The van der Waals surface area contributed by atoms with Crippen LogP contribution in [0.15, 0.2) is 35.5 Å². The van der Waals surface area contributed by atoms with Gasteiger partial charge in [-0.1, -0.05) is 30.0 Å². The van der Waals surface area contributed by atoms with Crippen molar-refractivity contribution in [3.63, 3.8) is 0 Å². The number of amides is 1. The lowest BCUT2D eigenvalue weighted by molar-refractivity contribution is -0.120. The summed E-state index contributed by atoms with van der Waals surface area (Å²) in [5.74, 6) is 0.247. The molecule has 0 spiro atoms. The van der Waals surface area contributed by atoms with Gasteiger partial charge in [-0.2, -0.15) is 10.4 Å². The number of nitriles is 1. The van der Waals surface area contributed by atoms with E-state index >= 15 is 0 Å². The second kappa shape index (κ2) is 9.18. The molecule has 4 rings (SSSR count). The number of benzene rings is 1. The Morgan fingerprint density at radius 3 is 2.87 bits per heavy atom. The van der Waals surface area contributed by atoms with Crippen molar-refractivity contribution in [1.82, 2.24) is 35.3 Å². The lowest BCUT2D eigenvalue weighted by Crippen LogP contribution is -2.32. The number of tetrazole rings is 1. The summed E-state index contributed by atoms with van der Waals surface area (Å²) >= 11 is 1.36. The molecule has 2 heterocycles. The molecular formula is C20H23N9OS. The second-order valence-corrected chi connectivity index (χ2v) is 8.67. The number of nitrogens with one attached hydrogen (secondary N) is 1. The van der Waals surface area contributed by atoms with Gasteiger partial charge < -0.3 is 11.1 Å². The van der Waals surface area contributed by atoms with Crippen LogP contribution in [0.4, 0.5) is 5.82 Å². The molecule has 0 radical (unpaired) electrons. The summed E-state index contributed by atoms with van der Waals surface area (Å²) in [4.78, 5) is 12.4. The highest BCUT2D eigenvalue weighted by molar-refractivity contribution is 8.00. The molecule has 10 nitrogen and oxygen atoms in total. The van der Waals surface area contributed by atoms with E-state index in [0.29, 0.717) is 47.7 Å². The largest absolute Gasteiger partial charge is 0.382 e. The van der Waals surface area contributed by atoms with Crippen molar-refractivity contribution < 1.29 is 4.79 Å². The van der Waals surface area contributed by atoms with E-state index in [-0.39, 0.29) is 11.2 Å². The predicted octanol–water partition coefficient (Wildman–Crippen LogP) is 1.88. The predicted molar refractivity (Wildman–Crippen MR) is 115 cm³/mol. The molecule has 2 aromatic heterocycles. The van der Waals surface area contributed by atoms with Crippen LogP contribution in [0.25, 0.3) is 5.69 Å². The maximum Gasteiger partial charge on any atom is 0.233 e. The van der Waals surface area contributed by atoms with Gasteiger partial charge in [0.05, 0.1) is 22.7 Å². The topological polar surface area (TPSA) is 140 Å². The van der Waals surface area contributed by atoms with Crippen molar-refractivity contribution >= 4 is 23.5 Å². The third-order valence-corrected chi connectivity index (χ3v) is 6.05. The molecular weight excluding hydrogens is 414 g/mol. The number of hydrogen-bond donors (Lipinski definition) is 2. The fraction of sp³-hybridized carbons (Fsp3) is 0.400. The molecule has 160 valence electrons. The van der Waals surface area contributed by atoms with Crippen LogP contribution < -0.4 is 11.1 Å². The molecule has 0 bridgehead atoms. The van der Waals surface area contributed by atoms with E-state index in [9.17, 15) is 10.1 Å². The van der Waals surface area contributed by atoms with Gasteiger partial charge in [0.25, 0.3) is 0 Å². The lowest BCUT2D eigenvalue weighted by Gasteiger charge is -2.11. The number of aryl methyl sites for hydroxylation is 1. The number of rotatable bonds is 9. The van der Waals surface area contributed by atoms with Crippen LogP contribution in [0.1, 0.15) is 43.5 Å². The molecule has 1 aromatic carbocycles. The first-order valence-electron chi connectivity index (χ1n) is 10.1. The van der Waals surface area contributed by atoms with Crippen LogP contribution in [-0.2, 0) is 11.2 Å². The van der Waals surface area contributed by atoms with Crippen LogP contribution in [0.5, 0.6) is 0 Å². The SMILES string of the molecule is CC(Sc1nnnn1C1CC1)C(=O)NCCCc1nn(-c2ccccc2)c(N)c1C#N. The standard InChI is InChI=1S/C20H23N9OS/c1-13(31-20-24-26-27-29(20)15-9-10-15)19(30)23-11-5-8-17-16(12-21)18(22)28(25-17)14-6-3-2-4-7-14/h2-4,6-7,13,15H,5,8-11,22H2,1H3,(H,23,30). The molecule has 1 aliphatic carbocycles. The van der Waals surface area contributed by atoms with Crippen molar-refractivity contribution in [2.45, 2.75) is 49.1 Å². The quantitative estimate of drug-likeness (QED) is 0.382. The molecule has 0 aliphatic heterocycles. The normalized spacial score (nSPS) is 14.2. The average molecular weight is 438 g/mol. The summed E-state index contributed by atoms with van der Waals surface area (Å²) < 4.78 is 3.38. The summed E-state index contributed by atoms with van der Waals surface area (Å²) in [7, 11) is 0. The van der Waals surface area contributed by atoms with E-state index in [1.807, 2.05) is 37.3 Å². The molecule has 0 saturated heterocycles. The summed E-state index contributed by atoms with van der Waals surface area (Å²) in [5.41, 5.74) is 7.94. The Morgan fingerprint density at radius 2 is 2.16 bits per heavy atom. The average Bonchev–Trinajstić information content (AvgIpc) is 3.44. The number of carbonyl (C=O) groups excluding carboxylic acids is 1. The minimum absolute atomic E-state index is 0.0785. The third-order valence-electron chi connectivity index (χ3n) is 5.00. The summed E-state index contributed by atoms with van der Waals surface area (Å²) in [6.07, 6.45) is 3.33. The van der Waals surface area contributed by atoms with Gasteiger partial charge in [-0.15, -0.1) is 5.10 Å².